The fraction of sp³-hybridized carbons (Fsp3) is 0.909. The summed E-state index contributed by atoms with van der Waals surface area (Å²) in [6.07, 6.45) is 5.34. The Morgan fingerprint density at radius 1 is 1.62 bits per heavy atom. The van der Waals surface area contributed by atoms with Crippen molar-refractivity contribution in [1.82, 2.24) is 5.32 Å². The van der Waals surface area contributed by atoms with Gasteiger partial charge in [-0.1, -0.05) is 6.42 Å². The molecule has 1 amide bonds. The van der Waals surface area contributed by atoms with Crippen LogP contribution in [0.25, 0.3) is 0 Å². The highest BCUT2D eigenvalue weighted by atomic mass is 32.2. The van der Waals surface area contributed by atoms with E-state index in [0.717, 1.165) is 18.6 Å². The second kappa shape index (κ2) is 7.45. The third-order valence-corrected chi connectivity index (χ3v) is 5.42. The van der Waals surface area contributed by atoms with Gasteiger partial charge in [0, 0.05) is 11.3 Å². The Morgan fingerprint density at radius 2 is 2.38 bits per heavy atom. The second-order valence-electron chi connectivity index (χ2n) is 4.11. The monoisotopic (exact) mass is 263 g/mol. The van der Waals surface area contributed by atoms with Crippen molar-refractivity contribution in [2.75, 3.05) is 18.6 Å². The molecule has 1 aliphatic rings. The summed E-state index contributed by atoms with van der Waals surface area (Å²) in [5.74, 6) is 1.24. The number of hydrogen-bond acceptors (Lipinski definition) is 4. The van der Waals surface area contributed by atoms with Crippen LogP contribution in [0.4, 0.5) is 0 Å². The number of nitrogens with one attached hydrogen (secondary N) is 1. The highest BCUT2D eigenvalue weighted by Crippen LogP contribution is 2.25. The molecular formula is C11H21NO2S2. The molecule has 16 heavy (non-hydrogen) atoms. The van der Waals surface area contributed by atoms with E-state index in [1.807, 2.05) is 13.2 Å². The maximum atomic E-state index is 11.9. The molecule has 0 bridgehead atoms. The van der Waals surface area contributed by atoms with Gasteiger partial charge in [0.25, 0.3) is 0 Å². The molecule has 5 heteroatoms. The van der Waals surface area contributed by atoms with Crippen LogP contribution in [0.1, 0.15) is 26.2 Å². The second-order valence-corrected chi connectivity index (χ2v) is 6.50. The first-order chi connectivity index (χ1) is 7.69. The number of carbonyl (C=O) groups is 1. The normalized spacial score (nSPS) is 24.8. The van der Waals surface area contributed by atoms with Gasteiger partial charge in [-0.05, 0) is 31.8 Å². The van der Waals surface area contributed by atoms with Gasteiger partial charge in [0.15, 0.2) is 0 Å². The van der Waals surface area contributed by atoms with E-state index in [1.165, 1.54) is 6.42 Å². The molecule has 0 aromatic heterocycles. The van der Waals surface area contributed by atoms with Gasteiger partial charge >= 0.3 is 0 Å². The lowest BCUT2D eigenvalue weighted by Gasteiger charge is -2.26. The van der Waals surface area contributed by atoms with Crippen molar-refractivity contribution >= 4 is 29.4 Å². The summed E-state index contributed by atoms with van der Waals surface area (Å²) < 4.78 is 0. The maximum Gasteiger partial charge on any atom is 0.233 e. The minimum Gasteiger partial charge on any atom is -0.395 e. The van der Waals surface area contributed by atoms with Crippen LogP contribution >= 0.6 is 23.5 Å². The van der Waals surface area contributed by atoms with E-state index in [4.69, 9.17) is 5.11 Å². The standard InChI is InChI=1S/C11H21NO2S2/c1-8(10(7-13)15-2)12-11(14)9-5-3-4-6-16-9/h8-10,13H,3-7H2,1-2H3,(H,12,14). The minimum atomic E-state index is 0.0371. The molecule has 1 fully saturated rings. The van der Waals surface area contributed by atoms with Gasteiger partial charge in [-0.15, -0.1) is 11.8 Å². The first-order valence-electron chi connectivity index (χ1n) is 5.74. The predicted molar refractivity (Wildman–Crippen MR) is 72.1 cm³/mol. The van der Waals surface area contributed by atoms with Gasteiger partial charge in [0.1, 0.15) is 0 Å². The summed E-state index contributed by atoms with van der Waals surface area (Å²) in [6, 6.07) is 0.0371. The molecule has 2 N–H and O–H groups in total. The Balaban J connectivity index is 2.37. The zero-order chi connectivity index (χ0) is 12.0. The van der Waals surface area contributed by atoms with E-state index in [2.05, 4.69) is 5.32 Å². The zero-order valence-corrected chi connectivity index (χ0v) is 11.6. The number of aliphatic hydroxyl groups is 1. The van der Waals surface area contributed by atoms with Crippen molar-refractivity contribution in [3.63, 3.8) is 0 Å². The first kappa shape index (κ1) is 14.2. The molecule has 1 saturated heterocycles. The van der Waals surface area contributed by atoms with Crippen LogP contribution in [0.5, 0.6) is 0 Å². The molecule has 1 heterocycles. The molecule has 3 unspecified atom stereocenters. The zero-order valence-electron chi connectivity index (χ0n) is 9.94. The average molecular weight is 263 g/mol. The van der Waals surface area contributed by atoms with Gasteiger partial charge in [0.05, 0.1) is 11.9 Å². The summed E-state index contributed by atoms with van der Waals surface area (Å²) >= 11 is 3.35. The van der Waals surface area contributed by atoms with E-state index >= 15 is 0 Å². The summed E-state index contributed by atoms with van der Waals surface area (Å²) in [5, 5.41) is 12.4. The molecule has 0 aromatic rings. The Kier molecular flexibility index (Phi) is 6.61. The van der Waals surface area contributed by atoms with Crippen LogP contribution in [0, 0.1) is 0 Å². The van der Waals surface area contributed by atoms with E-state index in [9.17, 15) is 4.79 Å². The predicted octanol–water partition coefficient (Wildman–Crippen LogP) is 1.50. The van der Waals surface area contributed by atoms with E-state index in [-0.39, 0.29) is 29.1 Å². The third kappa shape index (κ3) is 4.18. The van der Waals surface area contributed by atoms with Crippen LogP contribution in [0.15, 0.2) is 0 Å². The van der Waals surface area contributed by atoms with Crippen LogP contribution in [0.3, 0.4) is 0 Å². The smallest absolute Gasteiger partial charge is 0.233 e. The summed E-state index contributed by atoms with van der Waals surface area (Å²) in [4.78, 5) is 11.9. The molecule has 0 aliphatic carbocycles. The Hall–Kier alpha value is 0.130. The van der Waals surface area contributed by atoms with E-state index in [0.29, 0.717) is 0 Å². The molecule has 0 radical (unpaired) electrons. The highest BCUT2D eigenvalue weighted by molar-refractivity contribution is 8.00. The molecule has 0 saturated carbocycles. The molecule has 0 spiro atoms. The van der Waals surface area contributed by atoms with E-state index in [1.54, 1.807) is 23.5 Å². The van der Waals surface area contributed by atoms with Crippen LogP contribution in [-0.4, -0.2) is 46.2 Å². The van der Waals surface area contributed by atoms with Gasteiger partial charge in [-0.3, -0.25) is 4.79 Å². The van der Waals surface area contributed by atoms with Crippen LogP contribution in [-0.2, 0) is 4.79 Å². The van der Waals surface area contributed by atoms with Crippen molar-refractivity contribution in [2.24, 2.45) is 0 Å². The number of carbonyl (C=O) groups excluding carboxylic acids is 1. The van der Waals surface area contributed by atoms with Crippen molar-refractivity contribution in [3.05, 3.63) is 0 Å². The molecule has 94 valence electrons. The van der Waals surface area contributed by atoms with E-state index < -0.39 is 0 Å². The Labute approximate surface area is 106 Å². The number of rotatable bonds is 5. The van der Waals surface area contributed by atoms with Crippen LogP contribution in [0.2, 0.25) is 0 Å². The van der Waals surface area contributed by atoms with Crippen molar-refractivity contribution in [1.29, 1.82) is 0 Å². The first-order valence-corrected chi connectivity index (χ1v) is 8.08. The fourth-order valence-electron chi connectivity index (χ4n) is 1.79. The van der Waals surface area contributed by atoms with Crippen molar-refractivity contribution < 1.29 is 9.90 Å². The number of aliphatic hydroxyl groups excluding tert-OH is 1. The third-order valence-electron chi connectivity index (χ3n) is 2.88. The lowest BCUT2D eigenvalue weighted by molar-refractivity contribution is -0.121. The molecule has 1 aliphatic heterocycles. The highest BCUT2D eigenvalue weighted by Gasteiger charge is 2.25. The lowest BCUT2D eigenvalue weighted by atomic mass is 10.1. The Bertz CT molecular complexity index is 216. The van der Waals surface area contributed by atoms with Gasteiger partial charge in [0.2, 0.25) is 5.91 Å². The summed E-state index contributed by atoms with van der Waals surface area (Å²) in [5.41, 5.74) is 0. The van der Waals surface area contributed by atoms with Gasteiger partial charge in [-0.2, -0.15) is 11.8 Å². The number of thioether (sulfide) groups is 2. The van der Waals surface area contributed by atoms with Crippen molar-refractivity contribution in [2.45, 2.75) is 42.7 Å². The molecule has 3 atom stereocenters. The largest absolute Gasteiger partial charge is 0.395 e. The van der Waals surface area contributed by atoms with Crippen LogP contribution < -0.4 is 5.32 Å². The maximum absolute atomic E-state index is 11.9. The quantitative estimate of drug-likeness (QED) is 0.789. The minimum absolute atomic E-state index is 0.0371. The van der Waals surface area contributed by atoms with Gasteiger partial charge in [-0.25, -0.2) is 0 Å². The summed E-state index contributed by atoms with van der Waals surface area (Å²) in [6.45, 7) is 2.07. The van der Waals surface area contributed by atoms with Gasteiger partial charge < -0.3 is 10.4 Å². The number of amides is 1. The topological polar surface area (TPSA) is 49.3 Å². The Morgan fingerprint density at radius 3 is 2.88 bits per heavy atom. The molecule has 0 aromatic carbocycles. The van der Waals surface area contributed by atoms with Crippen molar-refractivity contribution in [3.8, 4) is 0 Å². The summed E-state index contributed by atoms with van der Waals surface area (Å²) in [7, 11) is 0. The number of hydrogen-bond donors (Lipinski definition) is 2. The molecule has 1 rings (SSSR count). The average Bonchev–Trinajstić information content (AvgIpc) is 2.31. The molecule has 3 nitrogen and oxygen atoms in total. The fourth-order valence-corrected chi connectivity index (χ4v) is 3.63. The lowest BCUT2D eigenvalue weighted by Crippen LogP contribution is -2.45. The molecular weight excluding hydrogens is 242 g/mol. The SMILES string of the molecule is CSC(CO)C(C)NC(=O)C1CCCCS1.